The number of anilines is 1. The van der Waals surface area contributed by atoms with Crippen LogP contribution < -0.4 is 10.2 Å². The molecule has 1 aliphatic carbocycles. The lowest BCUT2D eigenvalue weighted by molar-refractivity contribution is -0.139. The van der Waals surface area contributed by atoms with Crippen molar-refractivity contribution in [1.82, 2.24) is 10.2 Å². The fourth-order valence-electron chi connectivity index (χ4n) is 5.75. The minimum absolute atomic E-state index is 0.149. The quantitative estimate of drug-likeness (QED) is 0.685. The lowest BCUT2D eigenvalue weighted by Crippen LogP contribution is -2.44. The van der Waals surface area contributed by atoms with Gasteiger partial charge in [0.15, 0.2) is 0 Å². The van der Waals surface area contributed by atoms with Crippen molar-refractivity contribution in [2.75, 3.05) is 32.6 Å². The van der Waals surface area contributed by atoms with Crippen LogP contribution >= 0.6 is 0 Å². The van der Waals surface area contributed by atoms with E-state index in [0.717, 1.165) is 6.42 Å². The van der Waals surface area contributed by atoms with Gasteiger partial charge in [-0.3, -0.25) is 9.69 Å². The first-order valence-electron chi connectivity index (χ1n) is 11.9. The first-order valence-corrected chi connectivity index (χ1v) is 11.9. The largest absolute Gasteiger partial charge is 0.480 e. The Morgan fingerprint density at radius 1 is 1.06 bits per heavy atom. The fraction of sp³-hybridized carbons (Fsp3) is 0.519. The van der Waals surface area contributed by atoms with Crippen LogP contribution in [0, 0.1) is 5.92 Å². The lowest BCUT2D eigenvalue weighted by atomic mass is 9.70. The van der Waals surface area contributed by atoms with Gasteiger partial charge in [0.25, 0.3) is 0 Å². The Kier molecular flexibility index (Phi) is 6.87. The summed E-state index contributed by atoms with van der Waals surface area (Å²) < 4.78 is 0. The number of carboxylic acids is 1. The fourth-order valence-corrected chi connectivity index (χ4v) is 5.75. The van der Waals surface area contributed by atoms with Gasteiger partial charge < -0.3 is 15.3 Å². The molecule has 2 fully saturated rings. The minimum Gasteiger partial charge on any atom is -0.480 e. The molecule has 2 atom stereocenters. The van der Waals surface area contributed by atoms with E-state index in [2.05, 4.69) is 90.9 Å². The summed E-state index contributed by atoms with van der Waals surface area (Å²) in [6, 6.07) is 19.6. The molecule has 1 heterocycles. The van der Waals surface area contributed by atoms with Gasteiger partial charge in [0.2, 0.25) is 0 Å². The summed E-state index contributed by atoms with van der Waals surface area (Å²) in [5.41, 5.74) is 4.16. The molecule has 5 heteroatoms. The highest BCUT2D eigenvalue weighted by molar-refractivity contribution is 5.74. The van der Waals surface area contributed by atoms with Gasteiger partial charge >= 0.3 is 5.97 Å². The highest BCUT2D eigenvalue weighted by atomic mass is 16.4. The van der Waals surface area contributed by atoms with Gasteiger partial charge in [0.05, 0.1) is 0 Å². The Balaban J connectivity index is 1.39. The van der Waals surface area contributed by atoms with E-state index in [1.165, 1.54) is 42.5 Å². The van der Waals surface area contributed by atoms with Gasteiger partial charge in [-0.25, -0.2) is 0 Å². The number of carboxylic acid groups (broad SMARTS) is 1. The summed E-state index contributed by atoms with van der Waals surface area (Å²) in [7, 11) is 6.53. The second-order valence-corrected chi connectivity index (χ2v) is 9.91. The third-order valence-electron chi connectivity index (χ3n) is 7.90. The minimum atomic E-state index is -0.753. The summed E-state index contributed by atoms with van der Waals surface area (Å²) in [5.74, 6) is -0.0480. The molecule has 2 aromatic rings. The highest BCUT2D eigenvalue weighted by Gasteiger charge is 2.38. The number of likely N-dealkylation sites (N-methyl/N-ethyl adjacent to an activating group) is 1. The molecule has 1 saturated heterocycles. The maximum atomic E-state index is 11.3. The molecule has 2 aromatic carbocycles. The van der Waals surface area contributed by atoms with E-state index in [-0.39, 0.29) is 11.6 Å². The van der Waals surface area contributed by atoms with Gasteiger partial charge in [-0.15, -0.1) is 0 Å². The van der Waals surface area contributed by atoms with Crippen LogP contribution in [0.1, 0.15) is 43.2 Å². The predicted octanol–water partition coefficient (Wildman–Crippen LogP) is 4.13. The number of benzene rings is 2. The van der Waals surface area contributed by atoms with Crippen molar-refractivity contribution < 1.29 is 9.90 Å². The number of hydrogen-bond donors (Lipinski definition) is 2. The molecule has 1 saturated carbocycles. The summed E-state index contributed by atoms with van der Waals surface area (Å²) in [6.07, 6.45) is 6.61. The van der Waals surface area contributed by atoms with Crippen LogP contribution in [-0.2, 0) is 16.8 Å². The van der Waals surface area contributed by atoms with Crippen LogP contribution in [0.3, 0.4) is 0 Å². The van der Waals surface area contributed by atoms with Crippen LogP contribution in [0.4, 0.5) is 5.69 Å². The summed E-state index contributed by atoms with van der Waals surface area (Å²) >= 11 is 0. The number of rotatable bonds is 7. The Bertz CT molecular complexity index is 906. The standard InChI is InChI=1S/C27H37N3O2/c1-29(2)27(22-9-5-4-6-10-22)14-12-20(13-15-27)16-21-8-7-11-23(17-21)30(3)24-18-25(26(31)32)28-19-24/h4-11,17,20,24-25,28H,12-16,18-19H2,1-3H3,(H,31,32)/t20-,24?,25-,27-/m0/s1. The number of nitrogens with one attached hydrogen (secondary N) is 1. The van der Waals surface area contributed by atoms with E-state index in [9.17, 15) is 9.90 Å². The molecule has 32 heavy (non-hydrogen) atoms. The maximum absolute atomic E-state index is 11.3. The average molecular weight is 436 g/mol. The van der Waals surface area contributed by atoms with Gasteiger partial charge in [-0.05, 0) is 81.8 Å². The molecule has 0 bridgehead atoms. The second-order valence-electron chi connectivity index (χ2n) is 9.91. The number of carbonyl (C=O) groups is 1. The Morgan fingerprint density at radius 3 is 2.41 bits per heavy atom. The maximum Gasteiger partial charge on any atom is 0.320 e. The van der Waals surface area contributed by atoms with E-state index in [1.807, 2.05) is 0 Å². The Hall–Kier alpha value is -2.37. The smallest absolute Gasteiger partial charge is 0.320 e. The number of aliphatic carboxylic acids is 1. The van der Waals surface area contributed by atoms with Gasteiger partial charge in [0, 0.05) is 30.9 Å². The predicted molar refractivity (Wildman–Crippen MR) is 130 cm³/mol. The molecule has 1 unspecified atom stereocenters. The molecule has 172 valence electrons. The lowest BCUT2D eigenvalue weighted by Gasteiger charge is -2.45. The van der Waals surface area contributed by atoms with Crippen molar-refractivity contribution >= 4 is 11.7 Å². The second kappa shape index (κ2) is 9.63. The molecule has 2 aliphatic rings. The van der Waals surface area contributed by atoms with E-state index in [1.54, 1.807) is 0 Å². The molecule has 2 N–H and O–H groups in total. The van der Waals surface area contributed by atoms with Crippen molar-refractivity contribution in [3.05, 3.63) is 65.7 Å². The molecule has 1 aliphatic heterocycles. The van der Waals surface area contributed by atoms with Crippen molar-refractivity contribution in [3.63, 3.8) is 0 Å². The SMILES string of the molecule is CN(c1cccc(C[C@H]2CC[C@](c3ccccc3)(N(C)C)CC2)c1)C1CN[C@H](C(=O)O)C1. The first kappa shape index (κ1) is 22.8. The molecular weight excluding hydrogens is 398 g/mol. The van der Waals surface area contributed by atoms with Crippen LogP contribution in [0.5, 0.6) is 0 Å². The average Bonchev–Trinajstić information content (AvgIpc) is 3.31. The molecule has 0 spiro atoms. The van der Waals surface area contributed by atoms with Crippen LogP contribution in [0.15, 0.2) is 54.6 Å². The molecule has 4 rings (SSSR count). The van der Waals surface area contributed by atoms with E-state index >= 15 is 0 Å². The van der Waals surface area contributed by atoms with Crippen molar-refractivity contribution in [1.29, 1.82) is 0 Å². The number of hydrogen-bond acceptors (Lipinski definition) is 4. The zero-order chi connectivity index (χ0) is 22.7. The third-order valence-corrected chi connectivity index (χ3v) is 7.90. The zero-order valence-electron chi connectivity index (χ0n) is 19.6. The van der Waals surface area contributed by atoms with E-state index in [4.69, 9.17) is 0 Å². The highest BCUT2D eigenvalue weighted by Crippen LogP contribution is 2.43. The third kappa shape index (κ3) is 4.69. The van der Waals surface area contributed by atoms with E-state index in [0.29, 0.717) is 18.9 Å². The zero-order valence-corrected chi connectivity index (χ0v) is 19.6. The summed E-state index contributed by atoms with van der Waals surface area (Å²) in [6.45, 7) is 0.715. The molecule has 0 amide bonds. The van der Waals surface area contributed by atoms with Crippen LogP contribution in [0.25, 0.3) is 0 Å². The first-order chi connectivity index (χ1) is 15.4. The molecular formula is C27H37N3O2. The topological polar surface area (TPSA) is 55.8 Å². The monoisotopic (exact) mass is 435 g/mol. The van der Waals surface area contributed by atoms with Gasteiger partial charge in [0.1, 0.15) is 6.04 Å². The number of nitrogens with zero attached hydrogens (tertiary/aromatic N) is 2. The Morgan fingerprint density at radius 2 is 1.78 bits per heavy atom. The van der Waals surface area contributed by atoms with Crippen molar-refractivity contribution in [2.24, 2.45) is 5.92 Å². The van der Waals surface area contributed by atoms with Crippen molar-refractivity contribution in [3.8, 4) is 0 Å². The van der Waals surface area contributed by atoms with Gasteiger partial charge in [-0.1, -0.05) is 42.5 Å². The van der Waals surface area contributed by atoms with Gasteiger partial charge in [-0.2, -0.15) is 0 Å². The van der Waals surface area contributed by atoms with E-state index < -0.39 is 12.0 Å². The Labute approximate surface area is 192 Å². The summed E-state index contributed by atoms with van der Waals surface area (Å²) in [5, 5.41) is 12.4. The molecule has 0 aromatic heterocycles. The molecule has 0 radical (unpaired) electrons. The normalized spacial score (nSPS) is 28.1. The molecule has 5 nitrogen and oxygen atoms in total. The summed E-state index contributed by atoms with van der Waals surface area (Å²) in [4.78, 5) is 15.9. The van der Waals surface area contributed by atoms with Crippen LogP contribution in [0.2, 0.25) is 0 Å². The van der Waals surface area contributed by atoms with Crippen molar-refractivity contribution in [2.45, 2.75) is 56.1 Å². The van der Waals surface area contributed by atoms with Crippen LogP contribution in [-0.4, -0.2) is 55.7 Å².